The van der Waals surface area contributed by atoms with Gasteiger partial charge < -0.3 is 10.5 Å². The second-order valence-corrected chi connectivity index (χ2v) is 3.12. The minimum atomic E-state index is -4.79. The Kier molecular flexibility index (Phi) is 3.40. The largest absolute Gasteiger partial charge is 0.497 e. The molecule has 1 aromatic carbocycles. The van der Waals surface area contributed by atoms with Gasteiger partial charge >= 0.3 is 6.18 Å². The fraction of sp³-hybridized carbons (Fsp3) is 0.200. The van der Waals surface area contributed by atoms with Crippen molar-refractivity contribution >= 4 is 12.2 Å². The molecule has 0 spiro atoms. The van der Waals surface area contributed by atoms with E-state index in [0.717, 1.165) is 13.2 Å². The average Bonchev–Trinajstić information content (AvgIpc) is 2.25. The van der Waals surface area contributed by atoms with Crippen LogP contribution in [-0.2, 0) is 6.18 Å². The van der Waals surface area contributed by atoms with Gasteiger partial charge in [0.2, 0.25) is 5.91 Å². The van der Waals surface area contributed by atoms with Crippen LogP contribution in [0.2, 0.25) is 0 Å². The molecule has 0 aliphatic rings. The van der Waals surface area contributed by atoms with Crippen molar-refractivity contribution in [3.05, 3.63) is 28.8 Å². The van der Waals surface area contributed by atoms with E-state index < -0.39 is 28.8 Å². The van der Waals surface area contributed by atoms with E-state index in [1.807, 2.05) is 0 Å². The number of methoxy groups -OCH3 is 1. The maximum Gasteiger partial charge on any atom is 0.417 e. The van der Waals surface area contributed by atoms with Crippen LogP contribution < -0.4 is 10.5 Å². The third-order valence-electron chi connectivity index (χ3n) is 2.06. The Morgan fingerprint density at radius 2 is 2.00 bits per heavy atom. The SMILES string of the molecule is COc1cc(C=O)c(C(N)=O)c(C(F)(F)F)c1. The summed E-state index contributed by atoms with van der Waals surface area (Å²) in [4.78, 5) is 21.6. The van der Waals surface area contributed by atoms with Crippen molar-refractivity contribution < 1.29 is 27.5 Å². The van der Waals surface area contributed by atoms with E-state index in [0.29, 0.717) is 6.07 Å². The summed E-state index contributed by atoms with van der Waals surface area (Å²) in [5.41, 5.74) is 2.25. The molecule has 92 valence electrons. The van der Waals surface area contributed by atoms with Crippen LogP contribution in [0.3, 0.4) is 0 Å². The summed E-state index contributed by atoms with van der Waals surface area (Å²) in [6, 6.07) is 1.63. The molecule has 0 fully saturated rings. The second kappa shape index (κ2) is 4.44. The van der Waals surface area contributed by atoms with Crippen LogP contribution in [0.5, 0.6) is 5.75 Å². The molecule has 0 aliphatic heterocycles. The van der Waals surface area contributed by atoms with Crippen LogP contribution in [-0.4, -0.2) is 19.3 Å². The zero-order valence-electron chi connectivity index (χ0n) is 8.67. The molecule has 0 saturated heterocycles. The lowest BCUT2D eigenvalue weighted by Crippen LogP contribution is -2.21. The maximum atomic E-state index is 12.7. The quantitative estimate of drug-likeness (QED) is 0.825. The van der Waals surface area contributed by atoms with E-state index in [-0.39, 0.29) is 12.0 Å². The van der Waals surface area contributed by atoms with Gasteiger partial charge in [-0.25, -0.2) is 0 Å². The number of halogens is 3. The molecule has 1 rings (SSSR count). The van der Waals surface area contributed by atoms with E-state index >= 15 is 0 Å². The number of alkyl halides is 3. The van der Waals surface area contributed by atoms with Crippen molar-refractivity contribution in [2.45, 2.75) is 6.18 Å². The highest BCUT2D eigenvalue weighted by Crippen LogP contribution is 2.35. The number of carbonyl (C=O) groups is 2. The molecule has 0 aromatic heterocycles. The zero-order valence-corrected chi connectivity index (χ0v) is 8.67. The predicted molar refractivity (Wildman–Crippen MR) is 51.9 cm³/mol. The molecule has 0 atom stereocenters. The van der Waals surface area contributed by atoms with E-state index in [9.17, 15) is 22.8 Å². The van der Waals surface area contributed by atoms with Crippen LogP contribution in [0, 0.1) is 0 Å². The van der Waals surface area contributed by atoms with Gasteiger partial charge in [0.15, 0.2) is 6.29 Å². The van der Waals surface area contributed by atoms with Crippen LogP contribution in [0.15, 0.2) is 12.1 Å². The van der Waals surface area contributed by atoms with Gasteiger partial charge in [0.1, 0.15) is 5.75 Å². The van der Waals surface area contributed by atoms with E-state index in [1.165, 1.54) is 0 Å². The van der Waals surface area contributed by atoms with Gasteiger partial charge in [-0.15, -0.1) is 0 Å². The highest BCUT2D eigenvalue weighted by molar-refractivity contribution is 6.02. The molecule has 0 aliphatic carbocycles. The van der Waals surface area contributed by atoms with Crippen molar-refractivity contribution in [1.29, 1.82) is 0 Å². The lowest BCUT2D eigenvalue weighted by atomic mass is 10.00. The van der Waals surface area contributed by atoms with Gasteiger partial charge in [0.05, 0.1) is 18.2 Å². The molecule has 0 saturated carbocycles. The topological polar surface area (TPSA) is 69.4 Å². The number of hydrogen-bond acceptors (Lipinski definition) is 3. The summed E-state index contributed by atoms with van der Waals surface area (Å²) in [5.74, 6) is -1.49. The summed E-state index contributed by atoms with van der Waals surface area (Å²) in [5, 5.41) is 0. The molecule has 1 aromatic rings. The Morgan fingerprint density at radius 1 is 1.41 bits per heavy atom. The van der Waals surface area contributed by atoms with Crippen molar-refractivity contribution in [1.82, 2.24) is 0 Å². The normalized spacial score (nSPS) is 11.1. The van der Waals surface area contributed by atoms with E-state index in [1.54, 1.807) is 0 Å². The third kappa shape index (κ3) is 2.55. The Hall–Kier alpha value is -2.05. The molecule has 17 heavy (non-hydrogen) atoms. The first-order chi connectivity index (χ1) is 7.81. The number of nitrogens with two attached hydrogens (primary N) is 1. The highest BCUT2D eigenvalue weighted by atomic mass is 19.4. The molecule has 7 heteroatoms. The third-order valence-corrected chi connectivity index (χ3v) is 2.06. The number of ether oxygens (including phenoxy) is 1. The van der Waals surface area contributed by atoms with Gasteiger partial charge in [-0.1, -0.05) is 0 Å². The first-order valence-corrected chi connectivity index (χ1v) is 4.35. The lowest BCUT2D eigenvalue weighted by Gasteiger charge is -2.14. The summed E-state index contributed by atoms with van der Waals surface area (Å²) < 4.78 is 42.6. The van der Waals surface area contributed by atoms with Gasteiger partial charge in [-0.2, -0.15) is 13.2 Å². The number of rotatable bonds is 3. The Bertz CT molecular complexity index is 469. The number of benzene rings is 1. The summed E-state index contributed by atoms with van der Waals surface area (Å²) in [6.45, 7) is 0. The van der Waals surface area contributed by atoms with Crippen LogP contribution in [0.1, 0.15) is 26.3 Å². The van der Waals surface area contributed by atoms with Crippen molar-refractivity contribution in [3.8, 4) is 5.75 Å². The van der Waals surface area contributed by atoms with Crippen LogP contribution in [0.4, 0.5) is 13.2 Å². The molecular formula is C10H8F3NO3. The van der Waals surface area contributed by atoms with Gasteiger partial charge in [0, 0.05) is 5.56 Å². The minimum Gasteiger partial charge on any atom is -0.497 e. The fourth-order valence-electron chi connectivity index (χ4n) is 1.35. The average molecular weight is 247 g/mol. The fourth-order valence-corrected chi connectivity index (χ4v) is 1.35. The zero-order chi connectivity index (χ0) is 13.2. The molecule has 1 amide bonds. The molecule has 0 radical (unpaired) electrons. The van der Waals surface area contributed by atoms with Gasteiger partial charge in [0.25, 0.3) is 0 Å². The molecule has 2 N–H and O–H groups in total. The summed E-state index contributed by atoms with van der Waals surface area (Å²) in [6.07, 6.45) is -4.67. The molecule has 0 bridgehead atoms. The molecule has 4 nitrogen and oxygen atoms in total. The highest BCUT2D eigenvalue weighted by Gasteiger charge is 2.36. The maximum absolute atomic E-state index is 12.7. The van der Waals surface area contributed by atoms with E-state index in [2.05, 4.69) is 4.74 Å². The number of carbonyl (C=O) groups excluding carboxylic acids is 2. The van der Waals surface area contributed by atoms with Crippen LogP contribution >= 0.6 is 0 Å². The summed E-state index contributed by atoms with van der Waals surface area (Å²) in [7, 11) is 1.15. The molecular weight excluding hydrogens is 239 g/mol. The Morgan fingerprint density at radius 3 is 2.35 bits per heavy atom. The molecule has 0 unspecified atom stereocenters. The van der Waals surface area contributed by atoms with Gasteiger partial charge in [-0.3, -0.25) is 9.59 Å². The van der Waals surface area contributed by atoms with Gasteiger partial charge in [-0.05, 0) is 12.1 Å². The van der Waals surface area contributed by atoms with Crippen molar-refractivity contribution in [3.63, 3.8) is 0 Å². The Balaban J connectivity index is 3.64. The van der Waals surface area contributed by atoms with Crippen molar-refractivity contribution in [2.24, 2.45) is 5.73 Å². The number of aldehydes is 1. The Labute approximate surface area is 94.2 Å². The first kappa shape index (κ1) is 13.0. The summed E-state index contributed by atoms with van der Waals surface area (Å²) >= 11 is 0. The number of amides is 1. The first-order valence-electron chi connectivity index (χ1n) is 4.35. The molecule has 0 heterocycles. The predicted octanol–water partition coefficient (Wildman–Crippen LogP) is 1.63. The monoisotopic (exact) mass is 247 g/mol. The minimum absolute atomic E-state index is 0.123. The smallest absolute Gasteiger partial charge is 0.417 e. The number of hydrogen-bond donors (Lipinski definition) is 1. The van der Waals surface area contributed by atoms with Crippen LogP contribution in [0.25, 0.3) is 0 Å². The van der Waals surface area contributed by atoms with E-state index in [4.69, 9.17) is 5.73 Å². The lowest BCUT2D eigenvalue weighted by molar-refractivity contribution is -0.138. The van der Waals surface area contributed by atoms with Crippen molar-refractivity contribution in [2.75, 3.05) is 7.11 Å². The standard InChI is InChI=1S/C10H8F3NO3/c1-17-6-2-5(4-15)8(9(14)16)7(3-6)10(11,12)13/h2-4H,1H3,(H2,14,16). The second-order valence-electron chi connectivity index (χ2n) is 3.12. The number of primary amides is 1.